The van der Waals surface area contributed by atoms with Crippen LogP contribution in [0.1, 0.15) is 31.9 Å². The molecule has 0 saturated heterocycles. The third kappa shape index (κ3) is 3.90. The zero-order valence-corrected chi connectivity index (χ0v) is 9.79. The van der Waals surface area contributed by atoms with Crippen LogP contribution in [0.4, 0.5) is 0 Å². The number of hydrogen-bond donors (Lipinski definition) is 1. The fraction of sp³-hybridized carbons (Fsp3) is 0.455. The van der Waals surface area contributed by atoms with Gasteiger partial charge in [-0.25, -0.2) is 0 Å². The first-order chi connectivity index (χ1) is 7.13. The van der Waals surface area contributed by atoms with Gasteiger partial charge in [0.25, 0.3) is 0 Å². The zero-order chi connectivity index (χ0) is 11.3. The average Bonchev–Trinajstić information content (AvgIpc) is 2.17. The average molecular weight is 221 g/mol. The molecule has 15 heavy (non-hydrogen) atoms. The Kier molecular flexibility index (Phi) is 4.60. The summed E-state index contributed by atoms with van der Waals surface area (Å²) >= 11 is 1.75. The highest BCUT2D eigenvalue weighted by Crippen LogP contribution is 2.24. The number of rotatable bonds is 4. The quantitative estimate of drug-likeness (QED) is 0.793. The second kappa shape index (κ2) is 5.74. The molecule has 1 atom stereocenters. The van der Waals surface area contributed by atoms with E-state index in [0.29, 0.717) is 11.7 Å². The third-order valence-electron chi connectivity index (χ3n) is 1.85. The summed E-state index contributed by atoms with van der Waals surface area (Å²) < 4.78 is 0. The summed E-state index contributed by atoms with van der Waals surface area (Å²) in [6.45, 7) is 4.26. The van der Waals surface area contributed by atoms with Crippen LogP contribution < -0.4 is 5.73 Å². The van der Waals surface area contributed by atoms with Gasteiger partial charge in [-0.2, -0.15) is 5.26 Å². The third-order valence-corrected chi connectivity index (χ3v) is 2.81. The number of hydrogen-bond acceptors (Lipinski definition) is 4. The Hall–Kier alpha value is -1.05. The Morgan fingerprint density at radius 2 is 2.27 bits per heavy atom. The number of nitrogens with zero attached hydrogens (tertiary/aromatic N) is 2. The topological polar surface area (TPSA) is 62.7 Å². The van der Waals surface area contributed by atoms with Crippen molar-refractivity contribution in [3.05, 3.63) is 24.0 Å². The van der Waals surface area contributed by atoms with Crippen molar-refractivity contribution in [1.29, 1.82) is 5.26 Å². The minimum absolute atomic E-state index is 0.227. The first-order valence-electron chi connectivity index (χ1n) is 4.87. The van der Waals surface area contributed by atoms with E-state index in [9.17, 15) is 0 Å². The molecule has 0 aromatic carbocycles. The van der Waals surface area contributed by atoms with Gasteiger partial charge in [-0.1, -0.05) is 13.8 Å². The summed E-state index contributed by atoms with van der Waals surface area (Å²) in [5.41, 5.74) is 6.77. The smallest absolute Gasteiger partial charge is 0.0641 e. The van der Waals surface area contributed by atoms with Crippen LogP contribution in [0, 0.1) is 11.3 Å². The van der Waals surface area contributed by atoms with Crippen LogP contribution in [0.2, 0.25) is 0 Å². The fourth-order valence-corrected chi connectivity index (χ4v) is 2.06. The van der Waals surface area contributed by atoms with Crippen LogP contribution in [0.3, 0.4) is 0 Å². The summed E-state index contributed by atoms with van der Waals surface area (Å²) in [6.07, 6.45) is 3.89. The van der Waals surface area contributed by atoms with E-state index in [2.05, 4.69) is 24.9 Å². The SMILES string of the molecule is CC(C)Sc1cncc(C(N)CC#N)c1. The minimum Gasteiger partial charge on any atom is -0.323 e. The van der Waals surface area contributed by atoms with Crippen molar-refractivity contribution in [2.45, 2.75) is 36.5 Å². The van der Waals surface area contributed by atoms with E-state index < -0.39 is 0 Å². The van der Waals surface area contributed by atoms with Crippen molar-refractivity contribution in [3.8, 4) is 6.07 Å². The molecule has 0 aliphatic heterocycles. The fourth-order valence-electron chi connectivity index (χ4n) is 1.19. The molecule has 0 radical (unpaired) electrons. The first kappa shape index (κ1) is 12.0. The van der Waals surface area contributed by atoms with Gasteiger partial charge in [0, 0.05) is 28.6 Å². The lowest BCUT2D eigenvalue weighted by molar-refractivity contribution is 0.740. The molecule has 0 aliphatic carbocycles. The monoisotopic (exact) mass is 221 g/mol. The Bertz CT molecular complexity index is 357. The molecule has 0 saturated carbocycles. The largest absolute Gasteiger partial charge is 0.323 e. The molecule has 1 heterocycles. The summed E-state index contributed by atoms with van der Waals surface area (Å²) in [4.78, 5) is 5.24. The van der Waals surface area contributed by atoms with Crippen molar-refractivity contribution >= 4 is 11.8 Å². The van der Waals surface area contributed by atoms with Crippen molar-refractivity contribution < 1.29 is 0 Å². The molecular weight excluding hydrogens is 206 g/mol. The number of thioether (sulfide) groups is 1. The molecule has 0 fully saturated rings. The molecule has 1 rings (SSSR count). The van der Waals surface area contributed by atoms with Gasteiger partial charge in [0.15, 0.2) is 0 Å². The van der Waals surface area contributed by atoms with E-state index in [1.54, 1.807) is 18.0 Å². The highest BCUT2D eigenvalue weighted by molar-refractivity contribution is 7.99. The Morgan fingerprint density at radius 1 is 1.53 bits per heavy atom. The lowest BCUT2D eigenvalue weighted by atomic mass is 10.1. The molecular formula is C11H15N3S. The second-order valence-corrected chi connectivity index (χ2v) is 5.24. The Balaban J connectivity index is 2.78. The normalized spacial score (nSPS) is 12.5. The molecule has 0 amide bonds. The van der Waals surface area contributed by atoms with Gasteiger partial charge in [0.2, 0.25) is 0 Å². The number of nitriles is 1. The molecule has 0 bridgehead atoms. The molecule has 80 valence electrons. The standard InChI is InChI=1S/C11H15N3S/c1-8(2)15-10-5-9(6-14-7-10)11(13)3-4-12/h5-8,11H,3,13H2,1-2H3. The maximum atomic E-state index is 8.56. The van der Waals surface area contributed by atoms with Crippen molar-refractivity contribution in [2.75, 3.05) is 0 Å². The Morgan fingerprint density at radius 3 is 2.87 bits per heavy atom. The van der Waals surface area contributed by atoms with E-state index in [-0.39, 0.29) is 6.04 Å². The van der Waals surface area contributed by atoms with Gasteiger partial charge in [-0.3, -0.25) is 4.98 Å². The predicted octanol–water partition coefficient (Wildman–Crippen LogP) is 2.50. The maximum absolute atomic E-state index is 8.56. The zero-order valence-electron chi connectivity index (χ0n) is 8.97. The molecule has 4 heteroatoms. The van der Waals surface area contributed by atoms with E-state index >= 15 is 0 Å². The minimum atomic E-state index is -0.227. The lowest BCUT2D eigenvalue weighted by Crippen LogP contribution is -2.09. The van der Waals surface area contributed by atoms with Gasteiger partial charge >= 0.3 is 0 Å². The van der Waals surface area contributed by atoms with Gasteiger partial charge < -0.3 is 5.73 Å². The van der Waals surface area contributed by atoms with E-state index in [1.807, 2.05) is 12.3 Å². The number of nitrogens with two attached hydrogens (primary N) is 1. The van der Waals surface area contributed by atoms with Gasteiger partial charge in [-0.05, 0) is 11.6 Å². The molecule has 1 aromatic rings. The molecule has 3 nitrogen and oxygen atoms in total. The van der Waals surface area contributed by atoms with Crippen molar-refractivity contribution in [1.82, 2.24) is 4.98 Å². The lowest BCUT2D eigenvalue weighted by Gasteiger charge is -2.10. The summed E-state index contributed by atoms with van der Waals surface area (Å²) in [5.74, 6) is 0. The molecule has 1 aromatic heterocycles. The highest BCUT2D eigenvalue weighted by atomic mass is 32.2. The summed E-state index contributed by atoms with van der Waals surface area (Å²) in [7, 11) is 0. The maximum Gasteiger partial charge on any atom is 0.0641 e. The van der Waals surface area contributed by atoms with Gasteiger partial charge in [0.1, 0.15) is 0 Å². The molecule has 1 unspecified atom stereocenters. The van der Waals surface area contributed by atoms with E-state index in [0.717, 1.165) is 10.5 Å². The van der Waals surface area contributed by atoms with Gasteiger partial charge in [-0.15, -0.1) is 11.8 Å². The summed E-state index contributed by atoms with van der Waals surface area (Å²) in [5, 5.41) is 9.08. The van der Waals surface area contributed by atoms with E-state index in [1.165, 1.54) is 0 Å². The van der Waals surface area contributed by atoms with Crippen LogP contribution in [0.25, 0.3) is 0 Å². The molecule has 0 aliphatic rings. The first-order valence-corrected chi connectivity index (χ1v) is 5.75. The van der Waals surface area contributed by atoms with Crippen LogP contribution in [-0.4, -0.2) is 10.2 Å². The van der Waals surface area contributed by atoms with Crippen LogP contribution in [0.15, 0.2) is 23.4 Å². The summed E-state index contributed by atoms with van der Waals surface area (Å²) in [6, 6.07) is 3.85. The molecule has 0 spiro atoms. The Labute approximate surface area is 94.7 Å². The number of pyridine rings is 1. The van der Waals surface area contributed by atoms with Crippen LogP contribution >= 0.6 is 11.8 Å². The molecule has 2 N–H and O–H groups in total. The van der Waals surface area contributed by atoms with Gasteiger partial charge in [0.05, 0.1) is 12.5 Å². The van der Waals surface area contributed by atoms with Crippen LogP contribution in [-0.2, 0) is 0 Å². The van der Waals surface area contributed by atoms with Crippen molar-refractivity contribution in [3.63, 3.8) is 0 Å². The number of aromatic nitrogens is 1. The van der Waals surface area contributed by atoms with Crippen molar-refractivity contribution in [2.24, 2.45) is 5.73 Å². The highest BCUT2D eigenvalue weighted by Gasteiger charge is 2.07. The van der Waals surface area contributed by atoms with E-state index in [4.69, 9.17) is 11.0 Å². The second-order valence-electron chi connectivity index (χ2n) is 3.59. The van der Waals surface area contributed by atoms with Crippen LogP contribution in [0.5, 0.6) is 0 Å². The predicted molar refractivity (Wildman–Crippen MR) is 62.4 cm³/mol.